The van der Waals surface area contributed by atoms with Crippen LogP contribution in [0, 0.1) is 11.5 Å². The summed E-state index contributed by atoms with van der Waals surface area (Å²) in [6.45, 7) is 0. The molecule has 0 heterocycles. The van der Waals surface area contributed by atoms with E-state index >= 15 is 0 Å². The van der Waals surface area contributed by atoms with E-state index in [0.29, 0.717) is 0 Å². The lowest BCUT2D eigenvalue weighted by molar-refractivity contribution is -0.268. The van der Waals surface area contributed by atoms with Crippen molar-refractivity contribution in [2.24, 2.45) is 0 Å². The number of hydrogen-bond acceptors (Lipinski definition) is 6. The second kappa shape index (κ2) is 9.25. The van der Waals surface area contributed by atoms with E-state index in [1.807, 2.05) is 12.1 Å². The number of nitriles is 1. The van der Waals surface area contributed by atoms with Crippen LogP contribution in [-0.4, -0.2) is 27.8 Å². The van der Waals surface area contributed by atoms with Crippen LogP contribution in [0.5, 0.6) is 0 Å². The van der Waals surface area contributed by atoms with E-state index in [1.54, 1.807) is 0 Å². The van der Waals surface area contributed by atoms with Gasteiger partial charge in [0, 0.05) is 0 Å². The molecule has 0 amide bonds. The maximum atomic E-state index is 9.66. The van der Waals surface area contributed by atoms with Gasteiger partial charge in [0.25, 0.3) is 6.19 Å². The lowest BCUT2D eigenvalue weighted by Gasteiger charge is -2.06. The number of rotatable bonds is 3. The minimum atomic E-state index is -1.85. The van der Waals surface area contributed by atoms with Crippen molar-refractivity contribution < 1.29 is 29.5 Å². The van der Waals surface area contributed by atoms with E-state index in [4.69, 9.17) is 15.5 Å². The second-order valence-corrected chi connectivity index (χ2v) is 3.80. The molecular formula is C15H12N2O6. The molecule has 0 aliphatic rings. The Labute approximate surface area is 131 Å². The number of nitrogens with zero attached hydrogens (tertiary/aromatic N) is 2. The average molecular weight is 316 g/mol. The molecular weight excluding hydrogens is 304 g/mol. The number of carbonyl (C=O) groups is 2. The third-order valence-electron chi connectivity index (χ3n) is 2.28. The first-order valence-electron chi connectivity index (χ1n) is 6.15. The van der Waals surface area contributed by atoms with Crippen molar-refractivity contribution in [3.8, 4) is 17.3 Å². The van der Waals surface area contributed by atoms with Crippen LogP contribution >= 0.6 is 0 Å². The Morgan fingerprint density at radius 1 is 0.826 bits per heavy atom. The van der Waals surface area contributed by atoms with Crippen molar-refractivity contribution in [2.45, 2.75) is 0 Å². The molecule has 0 fully saturated rings. The van der Waals surface area contributed by atoms with Crippen molar-refractivity contribution in [3.05, 3.63) is 60.7 Å². The first kappa shape index (κ1) is 17.3. The molecule has 0 radical (unpaired) electrons. The van der Waals surface area contributed by atoms with Gasteiger partial charge in [0.15, 0.2) is 0 Å². The van der Waals surface area contributed by atoms with Crippen molar-refractivity contribution >= 4 is 12.3 Å². The third-order valence-corrected chi connectivity index (χ3v) is 2.28. The standard InChI is InChI=1S/C12H10.C3H2N2O6/c1-3-7-11(8-4-1)12-9-5-2-6-10-12;4-1-5(10-2(6)7)11-3(8)9/h1-10H;(H,6,7)(H,8,9). The van der Waals surface area contributed by atoms with Crippen LogP contribution < -0.4 is 0 Å². The highest BCUT2D eigenvalue weighted by Crippen LogP contribution is 2.17. The smallest absolute Gasteiger partial charge is 0.448 e. The van der Waals surface area contributed by atoms with E-state index in [9.17, 15) is 9.59 Å². The number of benzene rings is 2. The summed E-state index contributed by atoms with van der Waals surface area (Å²) in [6.07, 6.45) is -2.72. The highest BCUT2D eigenvalue weighted by molar-refractivity contribution is 5.62. The Hall–Kier alpha value is -3.73. The van der Waals surface area contributed by atoms with Gasteiger partial charge in [0.2, 0.25) is 0 Å². The first-order valence-corrected chi connectivity index (χ1v) is 6.15. The molecule has 0 aliphatic heterocycles. The number of hydrogen-bond donors (Lipinski definition) is 2. The monoisotopic (exact) mass is 316 g/mol. The summed E-state index contributed by atoms with van der Waals surface area (Å²) in [5.41, 5.74) is 2.55. The molecule has 23 heavy (non-hydrogen) atoms. The molecule has 0 saturated carbocycles. The van der Waals surface area contributed by atoms with Gasteiger partial charge in [-0.1, -0.05) is 60.7 Å². The van der Waals surface area contributed by atoms with Crippen molar-refractivity contribution in [1.82, 2.24) is 5.23 Å². The molecule has 118 valence electrons. The Kier molecular flexibility index (Phi) is 6.97. The van der Waals surface area contributed by atoms with Crippen molar-refractivity contribution in [2.75, 3.05) is 0 Å². The zero-order valence-corrected chi connectivity index (χ0v) is 11.7. The third kappa shape index (κ3) is 7.01. The molecule has 2 N–H and O–H groups in total. The maximum absolute atomic E-state index is 9.66. The normalized spacial score (nSPS) is 8.65. The summed E-state index contributed by atoms with van der Waals surface area (Å²) in [5, 5.41) is 23.2. The summed E-state index contributed by atoms with van der Waals surface area (Å²) in [4.78, 5) is 26.3. The van der Waals surface area contributed by atoms with Gasteiger partial charge in [-0.3, -0.25) is 9.68 Å². The Balaban J connectivity index is 0.000000232. The molecule has 0 aliphatic carbocycles. The van der Waals surface area contributed by atoms with E-state index in [1.165, 1.54) is 11.1 Å². The lowest BCUT2D eigenvalue weighted by Crippen LogP contribution is -2.24. The molecule has 0 spiro atoms. The van der Waals surface area contributed by atoms with E-state index in [-0.39, 0.29) is 5.23 Å². The first-order chi connectivity index (χ1) is 11.0. The summed E-state index contributed by atoms with van der Waals surface area (Å²) in [7, 11) is 0. The van der Waals surface area contributed by atoms with Crippen LogP contribution in [0.4, 0.5) is 9.59 Å². The van der Waals surface area contributed by atoms with Gasteiger partial charge < -0.3 is 10.2 Å². The zero-order valence-electron chi connectivity index (χ0n) is 11.7. The largest absolute Gasteiger partial charge is 0.534 e. The molecule has 0 aromatic heterocycles. The van der Waals surface area contributed by atoms with Gasteiger partial charge in [0.1, 0.15) is 0 Å². The summed E-state index contributed by atoms with van der Waals surface area (Å²) < 4.78 is 0. The molecule has 8 heteroatoms. The minimum Gasteiger partial charge on any atom is -0.448 e. The van der Waals surface area contributed by atoms with Crippen molar-refractivity contribution in [1.29, 1.82) is 5.26 Å². The van der Waals surface area contributed by atoms with Gasteiger partial charge >= 0.3 is 12.3 Å². The average Bonchev–Trinajstić information content (AvgIpc) is 2.55. The molecule has 2 rings (SSSR count). The molecule has 2 aromatic rings. The van der Waals surface area contributed by atoms with E-state index in [0.717, 1.165) is 6.19 Å². The molecule has 0 bridgehead atoms. The minimum absolute atomic E-state index is 0.370. The predicted molar refractivity (Wildman–Crippen MR) is 77.5 cm³/mol. The van der Waals surface area contributed by atoms with E-state index < -0.39 is 12.3 Å². The van der Waals surface area contributed by atoms with Crippen LogP contribution in [0.1, 0.15) is 0 Å². The van der Waals surface area contributed by atoms with Gasteiger partial charge in [-0.15, -0.1) is 0 Å². The Morgan fingerprint density at radius 2 is 1.17 bits per heavy atom. The topological polar surface area (TPSA) is 120 Å². The number of hydroxylamine groups is 2. The highest BCUT2D eigenvalue weighted by atomic mass is 17.0. The van der Waals surface area contributed by atoms with Crippen LogP contribution in [0.25, 0.3) is 11.1 Å². The van der Waals surface area contributed by atoms with Crippen LogP contribution in [0.15, 0.2) is 60.7 Å². The summed E-state index contributed by atoms with van der Waals surface area (Å²) >= 11 is 0. The van der Waals surface area contributed by atoms with E-state index in [2.05, 4.69) is 58.2 Å². The fourth-order valence-electron chi connectivity index (χ4n) is 1.46. The van der Waals surface area contributed by atoms with Crippen LogP contribution in [0.2, 0.25) is 0 Å². The van der Waals surface area contributed by atoms with Gasteiger partial charge in [-0.05, 0) is 11.1 Å². The molecule has 0 atom stereocenters. The molecule has 0 unspecified atom stereocenters. The SMILES string of the molecule is N#CN(OC(=O)O)OC(=O)O.c1ccc(-c2ccccc2)cc1. The van der Waals surface area contributed by atoms with Gasteiger partial charge in [-0.25, -0.2) is 9.59 Å². The highest BCUT2D eigenvalue weighted by Gasteiger charge is 2.12. The number of carboxylic acid groups (broad SMARTS) is 2. The van der Waals surface area contributed by atoms with Gasteiger partial charge in [0.05, 0.1) is 5.23 Å². The van der Waals surface area contributed by atoms with Gasteiger partial charge in [-0.2, -0.15) is 5.26 Å². The molecule has 8 nitrogen and oxygen atoms in total. The second-order valence-electron chi connectivity index (χ2n) is 3.80. The predicted octanol–water partition coefficient (Wildman–Crippen LogP) is 3.34. The Bertz CT molecular complexity index is 616. The quantitative estimate of drug-likeness (QED) is 0.502. The zero-order chi connectivity index (χ0) is 17.1. The maximum Gasteiger partial charge on any atom is 0.534 e. The summed E-state index contributed by atoms with van der Waals surface area (Å²) in [5.74, 6) is 0. The summed E-state index contributed by atoms with van der Waals surface area (Å²) in [6, 6.07) is 20.8. The molecule has 0 saturated heterocycles. The van der Waals surface area contributed by atoms with Crippen LogP contribution in [0.3, 0.4) is 0 Å². The fourth-order valence-corrected chi connectivity index (χ4v) is 1.46. The molecule has 2 aromatic carbocycles. The fraction of sp³-hybridized carbons (Fsp3) is 0. The Morgan fingerprint density at radius 3 is 1.43 bits per heavy atom. The van der Waals surface area contributed by atoms with Crippen molar-refractivity contribution in [3.63, 3.8) is 0 Å². The lowest BCUT2D eigenvalue weighted by atomic mass is 10.1. The van der Waals surface area contributed by atoms with Crippen LogP contribution in [-0.2, 0) is 9.68 Å².